The summed E-state index contributed by atoms with van der Waals surface area (Å²) in [7, 11) is 0. The summed E-state index contributed by atoms with van der Waals surface area (Å²) < 4.78 is 0. The second kappa shape index (κ2) is 6.39. The van der Waals surface area contributed by atoms with Crippen molar-refractivity contribution in [1.29, 1.82) is 0 Å². The summed E-state index contributed by atoms with van der Waals surface area (Å²) in [6, 6.07) is 0.191. The SMILES string of the molecule is CC(C)CC(C)CN1CCC[C@H](C(=O)O)[C@@H]1C. The van der Waals surface area contributed by atoms with Crippen LogP contribution in [0.4, 0.5) is 0 Å². The predicted molar refractivity (Wildman–Crippen MR) is 70.0 cm³/mol. The van der Waals surface area contributed by atoms with E-state index in [-0.39, 0.29) is 12.0 Å². The minimum Gasteiger partial charge on any atom is -0.481 e. The maximum absolute atomic E-state index is 11.1. The molecule has 0 aromatic carbocycles. The van der Waals surface area contributed by atoms with Crippen LogP contribution in [0.3, 0.4) is 0 Å². The Labute approximate surface area is 105 Å². The Morgan fingerprint density at radius 3 is 2.59 bits per heavy atom. The summed E-state index contributed by atoms with van der Waals surface area (Å²) in [5, 5.41) is 9.18. The van der Waals surface area contributed by atoms with Gasteiger partial charge in [0.05, 0.1) is 5.92 Å². The van der Waals surface area contributed by atoms with Gasteiger partial charge in [0.1, 0.15) is 0 Å². The van der Waals surface area contributed by atoms with Gasteiger partial charge in [0, 0.05) is 12.6 Å². The van der Waals surface area contributed by atoms with Gasteiger partial charge in [0.25, 0.3) is 0 Å². The molecule has 1 saturated heterocycles. The fraction of sp³-hybridized carbons (Fsp3) is 0.929. The standard InChI is InChI=1S/C14H27NO2/c1-10(2)8-11(3)9-15-7-5-6-13(12(15)4)14(16)17/h10-13H,5-9H2,1-4H3,(H,16,17)/t11?,12-,13-/m0/s1. The minimum absolute atomic E-state index is 0.171. The summed E-state index contributed by atoms with van der Waals surface area (Å²) in [5.74, 6) is 0.582. The van der Waals surface area contributed by atoms with Gasteiger partial charge in [-0.3, -0.25) is 9.69 Å². The number of aliphatic carboxylic acids is 1. The van der Waals surface area contributed by atoms with E-state index in [4.69, 9.17) is 0 Å². The highest BCUT2D eigenvalue weighted by Gasteiger charge is 2.33. The Morgan fingerprint density at radius 1 is 1.41 bits per heavy atom. The van der Waals surface area contributed by atoms with Gasteiger partial charge in [0.2, 0.25) is 0 Å². The van der Waals surface area contributed by atoms with Gasteiger partial charge in [-0.25, -0.2) is 0 Å². The third-order valence-electron chi connectivity index (χ3n) is 3.86. The van der Waals surface area contributed by atoms with Crippen molar-refractivity contribution in [3.05, 3.63) is 0 Å². The molecule has 1 aliphatic rings. The fourth-order valence-corrected chi connectivity index (χ4v) is 3.08. The van der Waals surface area contributed by atoms with Gasteiger partial charge in [-0.2, -0.15) is 0 Å². The topological polar surface area (TPSA) is 40.5 Å². The molecule has 0 saturated carbocycles. The molecule has 0 amide bonds. The molecule has 1 fully saturated rings. The highest BCUT2D eigenvalue weighted by molar-refractivity contribution is 5.70. The molecule has 3 heteroatoms. The lowest BCUT2D eigenvalue weighted by Crippen LogP contribution is -2.47. The lowest BCUT2D eigenvalue weighted by molar-refractivity contribution is -0.145. The van der Waals surface area contributed by atoms with E-state index in [2.05, 4.69) is 32.6 Å². The maximum atomic E-state index is 11.1. The summed E-state index contributed by atoms with van der Waals surface area (Å²) in [6.07, 6.45) is 3.09. The summed E-state index contributed by atoms with van der Waals surface area (Å²) in [6.45, 7) is 10.9. The van der Waals surface area contributed by atoms with Crippen LogP contribution in [0, 0.1) is 17.8 Å². The van der Waals surface area contributed by atoms with E-state index in [1.807, 2.05) is 0 Å². The molecule has 1 heterocycles. The number of carbonyl (C=O) groups is 1. The molecule has 3 nitrogen and oxygen atoms in total. The number of nitrogens with zero attached hydrogens (tertiary/aromatic N) is 1. The van der Waals surface area contributed by atoms with Crippen LogP contribution < -0.4 is 0 Å². The van der Waals surface area contributed by atoms with Gasteiger partial charge in [0.15, 0.2) is 0 Å². The number of carboxylic acids is 1. The number of hydrogen-bond donors (Lipinski definition) is 1. The molecule has 0 radical (unpaired) electrons. The first-order valence-corrected chi connectivity index (χ1v) is 6.88. The van der Waals surface area contributed by atoms with E-state index in [1.165, 1.54) is 6.42 Å². The molecule has 17 heavy (non-hydrogen) atoms. The van der Waals surface area contributed by atoms with E-state index in [9.17, 15) is 9.90 Å². The second-order valence-corrected chi connectivity index (χ2v) is 6.06. The number of carboxylic acid groups (broad SMARTS) is 1. The largest absolute Gasteiger partial charge is 0.481 e. The van der Waals surface area contributed by atoms with Gasteiger partial charge in [-0.05, 0) is 44.6 Å². The van der Waals surface area contributed by atoms with E-state index in [0.29, 0.717) is 5.92 Å². The van der Waals surface area contributed by atoms with E-state index >= 15 is 0 Å². The number of piperidine rings is 1. The van der Waals surface area contributed by atoms with Crippen molar-refractivity contribution in [2.75, 3.05) is 13.1 Å². The molecule has 0 aromatic rings. The van der Waals surface area contributed by atoms with Crippen LogP contribution in [-0.4, -0.2) is 35.1 Å². The smallest absolute Gasteiger partial charge is 0.308 e. The molecule has 1 aliphatic heterocycles. The first-order chi connectivity index (χ1) is 7.91. The highest BCUT2D eigenvalue weighted by atomic mass is 16.4. The van der Waals surface area contributed by atoms with Crippen molar-refractivity contribution >= 4 is 5.97 Å². The normalized spacial score (nSPS) is 28.3. The molecular formula is C14H27NO2. The molecular weight excluding hydrogens is 214 g/mol. The van der Waals surface area contributed by atoms with Crippen LogP contribution in [0.1, 0.15) is 47.0 Å². The minimum atomic E-state index is -0.626. The third-order valence-corrected chi connectivity index (χ3v) is 3.86. The summed E-state index contributed by atoms with van der Waals surface area (Å²) in [4.78, 5) is 13.5. The molecule has 1 unspecified atom stereocenters. The molecule has 3 atom stereocenters. The molecule has 0 bridgehead atoms. The summed E-state index contributed by atoms with van der Waals surface area (Å²) >= 11 is 0. The van der Waals surface area contributed by atoms with Crippen LogP contribution in [-0.2, 0) is 4.79 Å². The zero-order chi connectivity index (χ0) is 13.0. The Hall–Kier alpha value is -0.570. The van der Waals surface area contributed by atoms with E-state index in [1.54, 1.807) is 0 Å². The lowest BCUT2D eigenvalue weighted by atomic mass is 9.88. The number of likely N-dealkylation sites (tertiary alicyclic amines) is 1. The zero-order valence-corrected chi connectivity index (χ0v) is 11.6. The average molecular weight is 241 g/mol. The van der Waals surface area contributed by atoms with Gasteiger partial charge in [-0.15, -0.1) is 0 Å². The van der Waals surface area contributed by atoms with Crippen LogP contribution in [0.2, 0.25) is 0 Å². The van der Waals surface area contributed by atoms with Gasteiger partial charge < -0.3 is 5.11 Å². The lowest BCUT2D eigenvalue weighted by Gasteiger charge is -2.39. The second-order valence-electron chi connectivity index (χ2n) is 6.06. The quantitative estimate of drug-likeness (QED) is 0.804. The molecule has 1 rings (SSSR count). The third kappa shape index (κ3) is 4.30. The zero-order valence-electron chi connectivity index (χ0n) is 11.6. The Morgan fingerprint density at radius 2 is 2.06 bits per heavy atom. The van der Waals surface area contributed by atoms with Crippen molar-refractivity contribution in [1.82, 2.24) is 4.90 Å². The molecule has 1 N–H and O–H groups in total. The van der Waals surface area contributed by atoms with Crippen molar-refractivity contribution in [3.8, 4) is 0 Å². The molecule has 100 valence electrons. The Bertz CT molecular complexity index is 253. The van der Waals surface area contributed by atoms with Crippen LogP contribution >= 0.6 is 0 Å². The van der Waals surface area contributed by atoms with Crippen molar-refractivity contribution < 1.29 is 9.90 Å². The monoisotopic (exact) mass is 241 g/mol. The van der Waals surface area contributed by atoms with Crippen LogP contribution in [0.15, 0.2) is 0 Å². The van der Waals surface area contributed by atoms with Crippen LogP contribution in [0.25, 0.3) is 0 Å². The summed E-state index contributed by atoms with van der Waals surface area (Å²) in [5.41, 5.74) is 0. The number of hydrogen-bond acceptors (Lipinski definition) is 2. The van der Waals surface area contributed by atoms with Gasteiger partial charge in [-0.1, -0.05) is 20.8 Å². The molecule has 0 spiro atoms. The fourth-order valence-electron chi connectivity index (χ4n) is 3.08. The van der Waals surface area contributed by atoms with Crippen LogP contribution in [0.5, 0.6) is 0 Å². The Kier molecular flexibility index (Phi) is 5.44. The first kappa shape index (κ1) is 14.5. The van der Waals surface area contributed by atoms with E-state index in [0.717, 1.165) is 31.8 Å². The average Bonchev–Trinajstić information content (AvgIpc) is 2.19. The van der Waals surface area contributed by atoms with Crippen molar-refractivity contribution in [2.45, 2.75) is 53.0 Å². The predicted octanol–water partition coefficient (Wildman–Crippen LogP) is 2.85. The Balaban J connectivity index is 2.50. The first-order valence-electron chi connectivity index (χ1n) is 6.88. The van der Waals surface area contributed by atoms with Crippen molar-refractivity contribution in [3.63, 3.8) is 0 Å². The molecule has 0 aliphatic carbocycles. The van der Waals surface area contributed by atoms with Crippen molar-refractivity contribution in [2.24, 2.45) is 17.8 Å². The van der Waals surface area contributed by atoms with E-state index < -0.39 is 5.97 Å². The maximum Gasteiger partial charge on any atom is 0.308 e. The number of rotatable bonds is 5. The highest BCUT2D eigenvalue weighted by Crippen LogP contribution is 2.25. The van der Waals surface area contributed by atoms with Gasteiger partial charge >= 0.3 is 5.97 Å². The molecule has 0 aromatic heterocycles.